The maximum Gasteiger partial charge on any atom is 0.238 e. The van der Waals surface area contributed by atoms with Crippen LogP contribution in [0, 0.1) is 6.92 Å². The molecule has 0 aliphatic rings. The van der Waals surface area contributed by atoms with Crippen LogP contribution in [0.1, 0.15) is 25.3 Å². The molecule has 112 valence electrons. The van der Waals surface area contributed by atoms with Crippen LogP contribution in [0.4, 0.5) is 11.4 Å². The fourth-order valence-electron chi connectivity index (χ4n) is 1.98. The number of carbonyl (C=O) groups excluding carboxylic acids is 1. The molecular formula is C15H25N3O2. The van der Waals surface area contributed by atoms with Gasteiger partial charge in [-0.1, -0.05) is 19.4 Å². The lowest BCUT2D eigenvalue weighted by molar-refractivity contribution is -0.117. The number of nitrogens with one attached hydrogen (secondary N) is 1. The van der Waals surface area contributed by atoms with E-state index in [4.69, 9.17) is 10.8 Å². The van der Waals surface area contributed by atoms with Crippen LogP contribution in [0.3, 0.4) is 0 Å². The number of rotatable bonds is 8. The van der Waals surface area contributed by atoms with Gasteiger partial charge < -0.3 is 16.2 Å². The third kappa shape index (κ3) is 5.59. The van der Waals surface area contributed by atoms with E-state index in [1.54, 1.807) is 0 Å². The molecule has 0 aliphatic carbocycles. The lowest BCUT2D eigenvalue weighted by atomic mass is 10.2. The molecule has 1 rings (SSSR count). The summed E-state index contributed by atoms with van der Waals surface area (Å²) in [6.07, 6.45) is 2.08. The average Bonchev–Trinajstić information content (AvgIpc) is 2.39. The van der Waals surface area contributed by atoms with Gasteiger partial charge in [-0.15, -0.1) is 0 Å². The summed E-state index contributed by atoms with van der Waals surface area (Å²) in [6.45, 7) is 5.71. The molecule has 1 aromatic carbocycles. The molecule has 0 radical (unpaired) electrons. The van der Waals surface area contributed by atoms with Crippen LogP contribution in [0.5, 0.6) is 0 Å². The second kappa shape index (κ2) is 8.55. The van der Waals surface area contributed by atoms with Crippen LogP contribution >= 0.6 is 0 Å². The number of hydrogen-bond donors (Lipinski definition) is 3. The molecule has 0 bridgehead atoms. The largest absolute Gasteiger partial charge is 0.397 e. The number of unbranched alkanes of at least 4 members (excludes halogenated alkanes) is 1. The SMILES string of the molecule is CCCCN(CCO)CC(=O)Nc1ccc(C)cc1N. The van der Waals surface area contributed by atoms with Crippen molar-refractivity contribution in [2.45, 2.75) is 26.7 Å². The molecule has 0 fully saturated rings. The molecule has 0 heterocycles. The van der Waals surface area contributed by atoms with Gasteiger partial charge in [-0.25, -0.2) is 0 Å². The molecular weight excluding hydrogens is 254 g/mol. The van der Waals surface area contributed by atoms with E-state index in [0.717, 1.165) is 24.9 Å². The topological polar surface area (TPSA) is 78.6 Å². The minimum Gasteiger partial charge on any atom is -0.397 e. The Kier molecular flexibility index (Phi) is 7.04. The summed E-state index contributed by atoms with van der Waals surface area (Å²) in [7, 11) is 0. The van der Waals surface area contributed by atoms with E-state index in [0.29, 0.717) is 17.9 Å². The molecule has 0 saturated carbocycles. The fourth-order valence-corrected chi connectivity index (χ4v) is 1.98. The Balaban J connectivity index is 2.55. The molecule has 1 amide bonds. The van der Waals surface area contributed by atoms with Gasteiger partial charge >= 0.3 is 0 Å². The lowest BCUT2D eigenvalue weighted by Gasteiger charge is -2.20. The minimum atomic E-state index is -0.106. The van der Waals surface area contributed by atoms with Crippen LogP contribution in [0.25, 0.3) is 0 Å². The van der Waals surface area contributed by atoms with Crippen LogP contribution in [-0.2, 0) is 4.79 Å². The van der Waals surface area contributed by atoms with Crippen molar-refractivity contribution >= 4 is 17.3 Å². The molecule has 0 unspecified atom stereocenters. The van der Waals surface area contributed by atoms with Gasteiger partial charge in [0.2, 0.25) is 5.91 Å². The van der Waals surface area contributed by atoms with Crippen molar-refractivity contribution in [2.24, 2.45) is 0 Å². The predicted molar refractivity (Wildman–Crippen MR) is 82.7 cm³/mol. The summed E-state index contributed by atoms with van der Waals surface area (Å²) in [5.41, 5.74) is 8.14. The molecule has 0 atom stereocenters. The van der Waals surface area contributed by atoms with Gasteiger partial charge in [0.05, 0.1) is 24.5 Å². The average molecular weight is 279 g/mol. The minimum absolute atomic E-state index is 0.0592. The third-order valence-electron chi connectivity index (χ3n) is 3.09. The fraction of sp³-hybridized carbons (Fsp3) is 0.533. The summed E-state index contributed by atoms with van der Waals surface area (Å²) < 4.78 is 0. The Bertz CT molecular complexity index is 435. The van der Waals surface area contributed by atoms with E-state index >= 15 is 0 Å². The van der Waals surface area contributed by atoms with E-state index < -0.39 is 0 Å². The van der Waals surface area contributed by atoms with Crippen molar-refractivity contribution < 1.29 is 9.90 Å². The quantitative estimate of drug-likeness (QED) is 0.632. The van der Waals surface area contributed by atoms with Crippen molar-refractivity contribution in [1.29, 1.82) is 0 Å². The highest BCUT2D eigenvalue weighted by molar-refractivity contribution is 5.95. The highest BCUT2D eigenvalue weighted by Gasteiger charge is 2.11. The monoisotopic (exact) mass is 279 g/mol. The lowest BCUT2D eigenvalue weighted by Crippen LogP contribution is -2.36. The molecule has 0 aromatic heterocycles. The maximum absolute atomic E-state index is 12.0. The van der Waals surface area contributed by atoms with Crippen LogP contribution in [0.15, 0.2) is 18.2 Å². The molecule has 5 heteroatoms. The number of carbonyl (C=O) groups is 1. The third-order valence-corrected chi connectivity index (χ3v) is 3.09. The van der Waals surface area contributed by atoms with Crippen molar-refractivity contribution in [3.05, 3.63) is 23.8 Å². The Morgan fingerprint density at radius 3 is 2.75 bits per heavy atom. The van der Waals surface area contributed by atoms with Gasteiger partial charge in [0.1, 0.15) is 0 Å². The van der Waals surface area contributed by atoms with Gasteiger partial charge in [-0.2, -0.15) is 0 Å². The maximum atomic E-state index is 12.0. The molecule has 0 saturated heterocycles. The van der Waals surface area contributed by atoms with Crippen molar-refractivity contribution in [2.75, 3.05) is 37.3 Å². The first kappa shape index (κ1) is 16.5. The van der Waals surface area contributed by atoms with Gasteiger partial charge in [0.15, 0.2) is 0 Å². The van der Waals surface area contributed by atoms with Crippen molar-refractivity contribution in [1.82, 2.24) is 4.90 Å². The van der Waals surface area contributed by atoms with E-state index in [1.807, 2.05) is 30.0 Å². The number of benzene rings is 1. The van der Waals surface area contributed by atoms with Crippen LogP contribution in [0.2, 0.25) is 0 Å². The van der Waals surface area contributed by atoms with E-state index in [2.05, 4.69) is 12.2 Å². The number of aryl methyl sites for hydroxylation is 1. The molecule has 4 N–H and O–H groups in total. The zero-order valence-electron chi connectivity index (χ0n) is 12.4. The van der Waals surface area contributed by atoms with E-state index in [1.165, 1.54) is 0 Å². The zero-order chi connectivity index (χ0) is 15.0. The normalized spacial score (nSPS) is 10.8. The number of hydrogen-bond acceptors (Lipinski definition) is 4. The summed E-state index contributed by atoms with van der Waals surface area (Å²) in [5, 5.41) is 11.8. The first-order valence-corrected chi connectivity index (χ1v) is 7.06. The predicted octanol–water partition coefficient (Wildman–Crippen LogP) is 1.61. The highest BCUT2D eigenvalue weighted by atomic mass is 16.3. The summed E-state index contributed by atoms with van der Waals surface area (Å²) >= 11 is 0. The molecule has 5 nitrogen and oxygen atoms in total. The summed E-state index contributed by atoms with van der Waals surface area (Å²) in [6, 6.07) is 5.55. The standard InChI is InChI=1S/C15H25N3O2/c1-3-4-7-18(8-9-19)11-15(20)17-14-6-5-12(2)10-13(14)16/h5-6,10,19H,3-4,7-9,11,16H2,1-2H3,(H,17,20). The molecule has 1 aromatic rings. The molecule has 0 spiro atoms. The van der Waals surface area contributed by atoms with Crippen LogP contribution < -0.4 is 11.1 Å². The Labute approximate surface area is 120 Å². The molecule has 20 heavy (non-hydrogen) atoms. The van der Waals surface area contributed by atoms with Gasteiger partial charge in [-0.05, 0) is 37.6 Å². The summed E-state index contributed by atoms with van der Waals surface area (Å²) in [4.78, 5) is 14.0. The second-order valence-corrected chi connectivity index (χ2v) is 4.99. The van der Waals surface area contributed by atoms with Gasteiger partial charge in [-0.3, -0.25) is 9.69 Å². The number of nitrogens with zero attached hydrogens (tertiary/aromatic N) is 1. The number of aliphatic hydroxyl groups excluding tert-OH is 1. The second-order valence-electron chi connectivity index (χ2n) is 4.99. The number of nitrogens with two attached hydrogens (primary N) is 1. The smallest absolute Gasteiger partial charge is 0.238 e. The highest BCUT2D eigenvalue weighted by Crippen LogP contribution is 2.19. The molecule has 0 aliphatic heterocycles. The van der Waals surface area contributed by atoms with E-state index in [-0.39, 0.29) is 19.1 Å². The number of amides is 1. The number of nitrogen functional groups attached to an aromatic ring is 1. The Morgan fingerprint density at radius 1 is 1.40 bits per heavy atom. The van der Waals surface area contributed by atoms with Crippen molar-refractivity contribution in [3.63, 3.8) is 0 Å². The van der Waals surface area contributed by atoms with E-state index in [9.17, 15) is 4.79 Å². The summed E-state index contributed by atoms with van der Waals surface area (Å²) in [5.74, 6) is -0.106. The van der Waals surface area contributed by atoms with Gasteiger partial charge in [0, 0.05) is 6.54 Å². The number of aliphatic hydroxyl groups is 1. The Morgan fingerprint density at radius 2 is 2.15 bits per heavy atom. The first-order valence-electron chi connectivity index (χ1n) is 7.06. The Hall–Kier alpha value is -1.59. The van der Waals surface area contributed by atoms with Gasteiger partial charge in [0.25, 0.3) is 0 Å². The zero-order valence-corrected chi connectivity index (χ0v) is 12.4. The van der Waals surface area contributed by atoms with Crippen LogP contribution in [-0.4, -0.2) is 42.2 Å². The first-order chi connectivity index (χ1) is 9.56. The van der Waals surface area contributed by atoms with Crippen molar-refractivity contribution in [3.8, 4) is 0 Å². The number of anilines is 2.